The molecule has 2 N–H and O–H groups in total. The van der Waals surface area contributed by atoms with Crippen LogP contribution in [0.4, 0.5) is 5.82 Å². The maximum absolute atomic E-state index is 9.85. The largest absolute Gasteiger partial charge is 0.391 e. The molecule has 1 atom stereocenters. The van der Waals surface area contributed by atoms with Crippen molar-refractivity contribution in [3.05, 3.63) is 54.5 Å². The Labute approximate surface area is 100 Å². The minimum Gasteiger partial charge on any atom is -0.391 e. The fourth-order valence-electron chi connectivity index (χ4n) is 1.57. The summed E-state index contributed by atoms with van der Waals surface area (Å²) in [6, 6.07) is 9.92. The van der Waals surface area contributed by atoms with E-state index in [9.17, 15) is 5.11 Å². The third-order valence-electron chi connectivity index (χ3n) is 2.40. The summed E-state index contributed by atoms with van der Waals surface area (Å²) < 4.78 is 0. The Morgan fingerprint density at radius 1 is 1.18 bits per heavy atom. The van der Waals surface area contributed by atoms with Gasteiger partial charge in [-0.2, -0.15) is 0 Å². The topological polar surface area (TPSA) is 58.0 Å². The number of aliphatic hydroxyl groups is 1. The van der Waals surface area contributed by atoms with Crippen molar-refractivity contribution in [3.8, 4) is 0 Å². The van der Waals surface area contributed by atoms with Gasteiger partial charge in [-0.3, -0.25) is 4.98 Å². The SMILES string of the molecule is OC(CNc1cnccn1)Cc1ccccc1. The second kappa shape index (κ2) is 5.96. The monoisotopic (exact) mass is 229 g/mol. The van der Waals surface area contributed by atoms with E-state index in [2.05, 4.69) is 15.3 Å². The molecule has 4 heteroatoms. The molecule has 88 valence electrons. The average molecular weight is 229 g/mol. The van der Waals surface area contributed by atoms with Crippen LogP contribution in [0.3, 0.4) is 0 Å². The van der Waals surface area contributed by atoms with Crippen LogP contribution in [0.5, 0.6) is 0 Å². The molecule has 1 heterocycles. The van der Waals surface area contributed by atoms with Crippen LogP contribution in [-0.4, -0.2) is 27.7 Å². The molecule has 0 bridgehead atoms. The Bertz CT molecular complexity index is 433. The molecule has 0 aliphatic heterocycles. The summed E-state index contributed by atoms with van der Waals surface area (Å²) in [5.41, 5.74) is 1.13. The first-order chi connectivity index (χ1) is 8.34. The van der Waals surface area contributed by atoms with Gasteiger partial charge in [-0.25, -0.2) is 4.98 Å². The van der Waals surface area contributed by atoms with Crippen LogP contribution in [0.2, 0.25) is 0 Å². The zero-order valence-corrected chi connectivity index (χ0v) is 9.45. The highest BCUT2D eigenvalue weighted by Crippen LogP contribution is 2.04. The van der Waals surface area contributed by atoms with Crippen LogP contribution in [-0.2, 0) is 6.42 Å². The summed E-state index contributed by atoms with van der Waals surface area (Å²) in [5, 5.41) is 12.9. The van der Waals surface area contributed by atoms with Crippen molar-refractivity contribution in [2.24, 2.45) is 0 Å². The summed E-state index contributed by atoms with van der Waals surface area (Å²) in [7, 11) is 0. The molecule has 0 aliphatic carbocycles. The summed E-state index contributed by atoms with van der Waals surface area (Å²) in [6.07, 6.45) is 5.07. The van der Waals surface area contributed by atoms with Crippen LogP contribution in [0, 0.1) is 0 Å². The second-order valence-corrected chi connectivity index (χ2v) is 3.82. The third-order valence-corrected chi connectivity index (χ3v) is 2.40. The van der Waals surface area contributed by atoms with E-state index in [0.717, 1.165) is 5.56 Å². The minimum atomic E-state index is -0.431. The van der Waals surface area contributed by atoms with E-state index in [1.807, 2.05) is 30.3 Å². The molecule has 4 nitrogen and oxygen atoms in total. The Hall–Kier alpha value is -1.94. The molecular weight excluding hydrogens is 214 g/mol. The highest BCUT2D eigenvalue weighted by molar-refractivity contribution is 5.30. The number of hydrogen-bond donors (Lipinski definition) is 2. The Morgan fingerprint density at radius 3 is 2.71 bits per heavy atom. The van der Waals surface area contributed by atoms with Crippen LogP contribution in [0.1, 0.15) is 5.56 Å². The van der Waals surface area contributed by atoms with Gasteiger partial charge in [-0.15, -0.1) is 0 Å². The number of hydrogen-bond acceptors (Lipinski definition) is 4. The number of aliphatic hydroxyl groups excluding tert-OH is 1. The Morgan fingerprint density at radius 2 is 2.00 bits per heavy atom. The zero-order chi connectivity index (χ0) is 11.9. The number of anilines is 1. The van der Waals surface area contributed by atoms with Gasteiger partial charge in [0, 0.05) is 25.4 Å². The van der Waals surface area contributed by atoms with E-state index in [0.29, 0.717) is 18.8 Å². The normalized spacial score (nSPS) is 12.1. The fourth-order valence-corrected chi connectivity index (χ4v) is 1.57. The van der Waals surface area contributed by atoms with E-state index < -0.39 is 6.10 Å². The lowest BCUT2D eigenvalue weighted by molar-refractivity contribution is 0.188. The summed E-state index contributed by atoms with van der Waals surface area (Å²) in [6.45, 7) is 0.466. The molecular formula is C13H15N3O. The average Bonchev–Trinajstić information content (AvgIpc) is 2.39. The Balaban J connectivity index is 1.80. The van der Waals surface area contributed by atoms with Crippen LogP contribution < -0.4 is 5.32 Å². The van der Waals surface area contributed by atoms with Crippen molar-refractivity contribution in [3.63, 3.8) is 0 Å². The van der Waals surface area contributed by atoms with Crippen molar-refractivity contribution < 1.29 is 5.11 Å². The molecule has 2 rings (SSSR count). The number of benzene rings is 1. The van der Waals surface area contributed by atoms with Gasteiger partial charge >= 0.3 is 0 Å². The van der Waals surface area contributed by atoms with E-state index in [1.165, 1.54) is 0 Å². The minimum absolute atomic E-state index is 0.431. The maximum Gasteiger partial charge on any atom is 0.144 e. The predicted molar refractivity (Wildman–Crippen MR) is 66.7 cm³/mol. The number of nitrogens with one attached hydrogen (secondary N) is 1. The van der Waals surface area contributed by atoms with Gasteiger partial charge in [0.1, 0.15) is 5.82 Å². The van der Waals surface area contributed by atoms with Gasteiger partial charge in [0.15, 0.2) is 0 Å². The molecule has 17 heavy (non-hydrogen) atoms. The first kappa shape index (κ1) is 11.5. The van der Waals surface area contributed by atoms with E-state index in [4.69, 9.17) is 0 Å². The molecule has 1 aromatic carbocycles. The zero-order valence-electron chi connectivity index (χ0n) is 9.45. The molecule has 0 saturated heterocycles. The molecule has 2 aromatic rings. The van der Waals surface area contributed by atoms with Crippen LogP contribution >= 0.6 is 0 Å². The summed E-state index contributed by atoms with van der Waals surface area (Å²) in [4.78, 5) is 8.01. The lowest BCUT2D eigenvalue weighted by atomic mass is 10.1. The second-order valence-electron chi connectivity index (χ2n) is 3.82. The van der Waals surface area contributed by atoms with Crippen LogP contribution in [0.25, 0.3) is 0 Å². The van der Waals surface area contributed by atoms with Crippen LogP contribution in [0.15, 0.2) is 48.9 Å². The molecule has 0 fully saturated rings. The standard InChI is InChI=1S/C13H15N3O/c17-12(8-11-4-2-1-3-5-11)9-16-13-10-14-6-7-15-13/h1-7,10,12,17H,8-9H2,(H,15,16). The molecule has 0 spiro atoms. The molecule has 0 amide bonds. The number of rotatable bonds is 5. The molecule has 0 radical (unpaired) electrons. The molecule has 0 saturated carbocycles. The van der Waals surface area contributed by atoms with Crippen molar-refractivity contribution >= 4 is 5.82 Å². The van der Waals surface area contributed by atoms with Gasteiger partial charge in [0.05, 0.1) is 12.3 Å². The third kappa shape index (κ3) is 3.85. The van der Waals surface area contributed by atoms with Crippen molar-refractivity contribution in [1.29, 1.82) is 0 Å². The van der Waals surface area contributed by atoms with Gasteiger partial charge in [-0.05, 0) is 5.56 Å². The highest BCUT2D eigenvalue weighted by atomic mass is 16.3. The molecule has 1 aromatic heterocycles. The first-order valence-corrected chi connectivity index (χ1v) is 5.56. The Kier molecular flexibility index (Phi) is 4.05. The number of aromatic nitrogens is 2. The highest BCUT2D eigenvalue weighted by Gasteiger charge is 2.05. The van der Waals surface area contributed by atoms with E-state index >= 15 is 0 Å². The molecule has 1 unspecified atom stereocenters. The van der Waals surface area contributed by atoms with E-state index in [1.54, 1.807) is 18.6 Å². The van der Waals surface area contributed by atoms with Gasteiger partial charge < -0.3 is 10.4 Å². The molecule has 0 aliphatic rings. The lowest BCUT2D eigenvalue weighted by Crippen LogP contribution is -2.22. The van der Waals surface area contributed by atoms with Gasteiger partial charge in [0.2, 0.25) is 0 Å². The number of nitrogens with zero attached hydrogens (tertiary/aromatic N) is 2. The quantitative estimate of drug-likeness (QED) is 0.815. The van der Waals surface area contributed by atoms with Crippen molar-refractivity contribution in [2.45, 2.75) is 12.5 Å². The summed E-state index contributed by atoms with van der Waals surface area (Å²) >= 11 is 0. The fraction of sp³-hybridized carbons (Fsp3) is 0.231. The van der Waals surface area contributed by atoms with E-state index in [-0.39, 0.29) is 0 Å². The van der Waals surface area contributed by atoms with Crippen molar-refractivity contribution in [2.75, 3.05) is 11.9 Å². The maximum atomic E-state index is 9.85. The van der Waals surface area contributed by atoms with Gasteiger partial charge in [0.25, 0.3) is 0 Å². The lowest BCUT2D eigenvalue weighted by Gasteiger charge is -2.11. The van der Waals surface area contributed by atoms with Gasteiger partial charge in [-0.1, -0.05) is 30.3 Å². The first-order valence-electron chi connectivity index (χ1n) is 5.56. The predicted octanol–water partition coefficient (Wildman–Crippen LogP) is 1.49. The summed E-state index contributed by atoms with van der Waals surface area (Å²) in [5.74, 6) is 0.680. The van der Waals surface area contributed by atoms with Crippen molar-refractivity contribution in [1.82, 2.24) is 9.97 Å². The smallest absolute Gasteiger partial charge is 0.144 e.